The number of carbonyl (C=O) groups is 1. The second-order valence-electron chi connectivity index (χ2n) is 4.70. The Morgan fingerprint density at radius 1 is 1.29 bits per heavy atom. The number of carbonyl (C=O) groups excluding carboxylic acids is 1. The van der Waals surface area contributed by atoms with Gasteiger partial charge in [0.15, 0.2) is 0 Å². The standard InChI is InChI=1S/C16H15N3OS/c20-16(18-14-4-3-6-17-11-14)10-15(13-5-9-21-12-13)19-7-1-2-8-19/h1-9,11-12,15H,10H2,(H,18,20)/t15-/m1/s1. The van der Waals surface area contributed by atoms with E-state index in [1.54, 1.807) is 29.8 Å². The quantitative estimate of drug-likeness (QED) is 0.782. The van der Waals surface area contributed by atoms with Gasteiger partial charge < -0.3 is 9.88 Å². The van der Waals surface area contributed by atoms with Crippen molar-refractivity contribution in [2.24, 2.45) is 0 Å². The molecule has 0 fully saturated rings. The molecule has 0 spiro atoms. The van der Waals surface area contributed by atoms with Crippen LogP contribution in [0.1, 0.15) is 18.0 Å². The van der Waals surface area contributed by atoms with Gasteiger partial charge in [0.2, 0.25) is 5.91 Å². The lowest BCUT2D eigenvalue weighted by molar-refractivity contribution is -0.116. The van der Waals surface area contributed by atoms with Crippen LogP contribution < -0.4 is 5.32 Å². The third-order valence-electron chi connectivity index (χ3n) is 3.24. The molecule has 0 aliphatic rings. The minimum absolute atomic E-state index is 0.0166. The molecule has 0 aliphatic heterocycles. The monoisotopic (exact) mass is 297 g/mol. The van der Waals surface area contributed by atoms with E-state index in [0.29, 0.717) is 6.42 Å². The number of hydrogen-bond acceptors (Lipinski definition) is 3. The summed E-state index contributed by atoms with van der Waals surface area (Å²) in [5, 5.41) is 7.00. The van der Waals surface area contributed by atoms with E-state index in [-0.39, 0.29) is 11.9 Å². The highest BCUT2D eigenvalue weighted by Gasteiger charge is 2.17. The Hall–Kier alpha value is -2.40. The highest BCUT2D eigenvalue weighted by molar-refractivity contribution is 7.08. The molecule has 3 heterocycles. The van der Waals surface area contributed by atoms with Gasteiger partial charge in [0.25, 0.3) is 0 Å². The van der Waals surface area contributed by atoms with Gasteiger partial charge in [-0.05, 0) is 46.7 Å². The average molecular weight is 297 g/mol. The van der Waals surface area contributed by atoms with Crippen LogP contribution in [0, 0.1) is 0 Å². The van der Waals surface area contributed by atoms with Gasteiger partial charge in [0.05, 0.1) is 24.3 Å². The van der Waals surface area contributed by atoms with Crippen LogP contribution in [0.5, 0.6) is 0 Å². The Bertz CT molecular complexity index is 643. The van der Waals surface area contributed by atoms with Crippen molar-refractivity contribution in [3.8, 4) is 0 Å². The summed E-state index contributed by atoms with van der Waals surface area (Å²) in [6.07, 6.45) is 7.69. The van der Waals surface area contributed by atoms with Gasteiger partial charge >= 0.3 is 0 Å². The molecular formula is C16H15N3OS. The smallest absolute Gasteiger partial charge is 0.226 e. The van der Waals surface area contributed by atoms with E-state index in [4.69, 9.17) is 0 Å². The lowest BCUT2D eigenvalue weighted by atomic mass is 10.1. The molecule has 3 aromatic heterocycles. The van der Waals surface area contributed by atoms with Crippen molar-refractivity contribution in [1.29, 1.82) is 0 Å². The van der Waals surface area contributed by atoms with Crippen molar-refractivity contribution in [2.75, 3.05) is 5.32 Å². The number of nitrogens with one attached hydrogen (secondary N) is 1. The minimum atomic E-state index is -0.0205. The Morgan fingerprint density at radius 2 is 2.14 bits per heavy atom. The zero-order chi connectivity index (χ0) is 14.5. The van der Waals surface area contributed by atoms with Crippen LogP contribution in [0.15, 0.2) is 65.9 Å². The molecule has 0 saturated carbocycles. The highest BCUT2D eigenvalue weighted by Crippen LogP contribution is 2.25. The Kier molecular flexibility index (Phi) is 4.12. The number of aromatic nitrogens is 2. The van der Waals surface area contributed by atoms with Crippen molar-refractivity contribution in [2.45, 2.75) is 12.5 Å². The summed E-state index contributed by atoms with van der Waals surface area (Å²) in [7, 11) is 0. The molecule has 0 aromatic carbocycles. The molecule has 1 N–H and O–H groups in total. The van der Waals surface area contributed by atoms with Gasteiger partial charge in [0, 0.05) is 18.6 Å². The van der Waals surface area contributed by atoms with Crippen LogP contribution in [0.3, 0.4) is 0 Å². The fourth-order valence-corrected chi connectivity index (χ4v) is 2.95. The molecule has 1 amide bonds. The Labute approximate surface area is 127 Å². The third kappa shape index (κ3) is 3.38. The first-order valence-electron chi connectivity index (χ1n) is 6.67. The van der Waals surface area contributed by atoms with Crippen molar-refractivity contribution < 1.29 is 4.79 Å². The lowest BCUT2D eigenvalue weighted by Gasteiger charge is -2.17. The Morgan fingerprint density at radius 3 is 2.81 bits per heavy atom. The molecule has 1 atom stereocenters. The predicted molar refractivity (Wildman–Crippen MR) is 84.4 cm³/mol. The third-order valence-corrected chi connectivity index (χ3v) is 3.94. The number of pyridine rings is 1. The summed E-state index contributed by atoms with van der Waals surface area (Å²) < 4.78 is 2.06. The summed E-state index contributed by atoms with van der Waals surface area (Å²) in [5.74, 6) is -0.0205. The Balaban J connectivity index is 1.75. The van der Waals surface area contributed by atoms with Gasteiger partial charge in [-0.25, -0.2) is 0 Å². The summed E-state index contributed by atoms with van der Waals surface area (Å²) in [5.41, 5.74) is 1.87. The summed E-state index contributed by atoms with van der Waals surface area (Å²) >= 11 is 1.64. The molecule has 21 heavy (non-hydrogen) atoms. The van der Waals surface area contributed by atoms with Crippen LogP contribution in [-0.2, 0) is 4.79 Å². The second-order valence-corrected chi connectivity index (χ2v) is 5.48. The van der Waals surface area contributed by atoms with E-state index < -0.39 is 0 Å². The molecule has 4 nitrogen and oxygen atoms in total. The summed E-state index contributed by atoms with van der Waals surface area (Å²) in [6.45, 7) is 0. The fourth-order valence-electron chi connectivity index (χ4n) is 2.24. The highest BCUT2D eigenvalue weighted by atomic mass is 32.1. The fraction of sp³-hybridized carbons (Fsp3) is 0.125. The topological polar surface area (TPSA) is 46.9 Å². The van der Waals surface area contributed by atoms with E-state index >= 15 is 0 Å². The van der Waals surface area contributed by atoms with Crippen LogP contribution >= 0.6 is 11.3 Å². The van der Waals surface area contributed by atoms with Gasteiger partial charge in [0.1, 0.15) is 0 Å². The molecule has 0 bridgehead atoms. The van der Waals surface area contributed by atoms with Crippen LogP contribution in [0.25, 0.3) is 0 Å². The first-order valence-corrected chi connectivity index (χ1v) is 7.61. The average Bonchev–Trinajstić information content (AvgIpc) is 3.19. The molecule has 0 unspecified atom stereocenters. The largest absolute Gasteiger partial charge is 0.346 e. The first-order chi connectivity index (χ1) is 10.3. The van der Waals surface area contributed by atoms with Crippen molar-refractivity contribution in [3.05, 3.63) is 71.4 Å². The normalized spacial score (nSPS) is 12.0. The van der Waals surface area contributed by atoms with Gasteiger partial charge in [-0.15, -0.1) is 0 Å². The molecule has 0 saturated heterocycles. The van der Waals surface area contributed by atoms with E-state index in [2.05, 4.69) is 26.3 Å². The van der Waals surface area contributed by atoms with Crippen molar-refractivity contribution in [1.82, 2.24) is 9.55 Å². The van der Waals surface area contributed by atoms with Gasteiger partial charge in [-0.1, -0.05) is 0 Å². The number of hydrogen-bond donors (Lipinski definition) is 1. The lowest BCUT2D eigenvalue weighted by Crippen LogP contribution is -2.19. The molecule has 3 rings (SSSR count). The maximum Gasteiger partial charge on any atom is 0.226 e. The molecule has 106 valence electrons. The van der Waals surface area contributed by atoms with Gasteiger partial charge in [-0.3, -0.25) is 9.78 Å². The first kappa shape index (κ1) is 13.6. The summed E-state index contributed by atoms with van der Waals surface area (Å²) in [6, 6.07) is 9.66. The maximum atomic E-state index is 12.3. The minimum Gasteiger partial charge on any atom is -0.346 e. The van der Waals surface area contributed by atoms with Crippen LogP contribution in [0.4, 0.5) is 5.69 Å². The molecule has 0 radical (unpaired) electrons. The molecule has 5 heteroatoms. The van der Waals surface area contributed by atoms with Crippen molar-refractivity contribution >= 4 is 22.9 Å². The van der Waals surface area contributed by atoms with E-state index in [0.717, 1.165) is 11.3 Å². The number of nitrogens with zero attached hydrogens (tertiary/aromatic N) is 2. The SMILES string of the molecule is O=C(C[C@H](c1ccsc1)n1cccc1)Nc1cccnc1. The van der Waals surface area contributed by atoms with E-state index in [1.165, 1.54) is 0 Å². The number of anilines is 1. The zero-order valence-electron chi connectivity index (χ0n) is 11.3. The molecule has 0 aliphatic carbocycles. The van der Waals surface area contributed by atoms with Crippen molar-refractivity contribution in [3.63, 3.8) is 0 Å². The van der Waals surface area contributed by atoms with Gasteiger partial charge in [-0.2, -0.15) is 11.3 Å². The number of thiophene rings is 1. The van der Waals surface area contributed by atoms with E-state index in [9.17, 15) is 4.79 Å². The predicted octanol–water partition coefficient (Wildman–Crippen LogP) is 3.56. The zero-order valence-corrected chi connectivity index (χ0v) is 12.2. The number of amides is 1. The second kappa shape index (κ2) is 6.37. The van der Waals surface area contributed by atoms with Crippen LogP contribution in [0.2, 0.25) is 0 Å². The maximum absolute atomic E-state index is 12.3. The summed E-state index contributed by atoms with van der Waals surface area (Å²) in [4.78, 5) is 16.3. The molecular weight excluding hydrogens is 282 g/mol. The molecule has 3 aromatic rings. The van der Waals surface area contributed by atoms with Crippen LogP contribution in [-0.4, -0.2) is 15.5 Å². The van der Waals surface area contributed by atoms with E-state index in [1.807, 2.05) is 36.0 Å². The number of rotatable bonds is 5.